The molecule has 0 aliphatic carbocycles. The SMILES string of the molecule is CN1CCO[C@@H](CNC(=O)c2nc3ncccc3[nH]2)C1. The number of carbonyl (C=O) groups is 1. The molecule has 7 nitrogen and oxygen atoms in total. The van der Waals surface area contributed by atoms with E-state index in [1.165, 1.54) is 0 Å². The number of morpholine rings is 1. The van der Waals surface area contributed by atoms with Crippen LogP contribution in [-0.4, -0.2) is 65.2 Å². The summed E-state index contributed by atoms with van der Waals surface area (Å²) < 4.78 is 5.59. The summed E-state index contributed by atoms with van der Waals surface area (Å²) in [6.45, 7) is 2.93. The number of carbonyl (C=O) groups excluding carboxylic acids is 1. The number of nitrogens with one attached hydrogen (secondary N) is 2. The standard InChI is InChI=1S/C13H17N5O2/c1-18-5-6-20-9(8-18)7-15-13(19)12-16-10-3-2-4-14-11(10)17-12/h2-4,9H,5-8H2,1H3,(H,15,19)(H,14,16,17)/t9-/m0/s1. The molecule has 1 aliphatic rings. The van der Waals surface area contributed by atoms with Crippen LogP contribution in [0.4, 0.5) is 0 Å². The van der Waals surface area contributed by atoms with Crippen molar-refractivity contribution in [2.24, 2.45) is 0 Å². The molecular formula is C13H17N5O2. The Labute approximate surface area is 116 Å². The fraction of sp³-hybridized carbons (Fsp3) is 0.462. The highest BCUT2D eigenvalue weighted by molar-refractivity contribution is 5.93. The number of ether oxygens (including phenoxy) is 1. The number of amides is 1. The highest BCUT2D eigenvalue weighted by atomic mass is 16.5. The van der Waals surface area contributed by atoms with E-state index in [0.717, 1.165) is 18.6 Å². The van der Waals surface area contributed by atoms with Crippen LogP contribution >= 0.6 is 0 Å². The second kappa shape index (κ2) is 5.56. The topological polar surface area (TPSA) is 83.1 Å². The van der Waals surface area contributed by atoms with Crippen molar-refractivity contribution in [1.29, 1.82) is 0 Å². The molecule has 3 heterocycles. The number of H-pyrrole nitrogens is 1. The van der Waals surface area contributed by atoms with Gasteiger partial charge >= 0.3 is 0 Å². The lowest BCUT2D eigenvalue weighted by molar-refractivity contribution is -0.0175. The Morgan fingerprint density at radius 3 is 3.35 bits per heavy atom. The fourth-order valence-electron chi connectivity index (χ4n) is 2.23. The van der Waals surface area contributed by atoms with Crippen molar-refractivity contribution in [1.82, 2.24) is 25.2 Å². The number of fused-ring (bicyclic) bond motifs is 1. The molecule has 1 atom stereocenters. The Bertz CT molecular complexity index is 579. The number of hydrogen-bond acceptors (Lipinski definition) is 5. The van der Waals surface area contributed by atoms with E-state index in [-0.39, 0.29) is 17.8 Å². The van der Waals surface area contributed by atoms with Gasteiger partial charge in [-0.15, -0.1) is 0 Å². The van der Waals surface area contributed by atoms with Crippen LogP contribution in [0, 0.1) is 0 Å². The second-order valence-corrected chi connectivity index (χ2v) is 4.93. The smallest absolute Gasteiger partial charge is 0.287 e. The Balaban J connectivity index is 1.61. The van der Waals surface area contributed by atoms with Gasteiger partial charge in [-0.3, -0.25) is 4.79 Å². The molecule has 3 rings (SSSR count). The van der Waals surface area contributed by atoms with E-state index in [0.29, 0.717) is 18.8 Å². The summed E-state index contributed by atoms with van der Waals surface area (Å²) in [5.74, 6) is 0.0442. The molecule has 0 radical (unpaired) electrons. The summed E-state index contributed by atoms with van der Waals surface area (Å²) in [5.41, 5.74) is 1.30. The molecule has 0 unspecified atom stereocenters. The molecule has 106 valence electrons. The predicted molar refractivity (Wildman–Crippen MR) is 73.5 cm³/mol. The summed E-state index contributed by atoms with van der Waals surface area (Å²) in [6.07, 6.45) is 1.68. The second-order valence-electron chi connectivity index (χ2n) is 4.93. The molecule has 0 saturated carbocycles. The first-order valence-electron chi connectivity index (χ1n) is 6.61. The Kier molecular flexibility index (Phi) is 3.62. The van der Waals surface area contributed by atoms with Crippen LogP contribution in [-0.2, 0) is 4.74 Å². The number of aromatic amines is 1. The van der Waals surface area contributed by atoms with Gasteiger partial charge in [-0.05, 0) is 19.2 Å². The zero-order valence-electron chi connectivity index (χ0n) is 11.3. The van der Waals surface area contributed by atoms with Crippen molar-refractivity contribution in [2.45, 2.75) is 6.10 Å². The van der Waals surface area contributed by atoms with Crippen molar-refractivity contribution in [3.63, 3.8) is 0 Å². The molecule has 2 N–H and O–H groups in total. The van der Waals surface area contributed by atoms with E-state index >= 15 is 0 Å². The molecule has 2 aromatic rings. The van der Waals surface area contributed by atoms with E-state index in [1.54, 1.807) is 12.3 Å². The number of nitrogens with zero attached hydrogens (tertiary/aromatic N) is 3. The first-order chi connectivity index (χ1) is 9.72. The third-order valence-corrected chi connectivity index (χ3v) is 3.30. The van der Waals surface area contributed by atoms with Crippen molar-refractivity contribution < 1.29 is 9.53 Å². The quantitative estimate of drug-likeness (QED) is 0.825. The Morgan fingerprint density at radius 1 is 1.65 bits per heavy atom. The average molecular weight is 275 g/mol. The number of hydrogen-bond donors (Lipinski definition) is 2. The third kappa shape index (κ3) is 2.78. The summed E-state index contributed by atoms with van der Waals surface area (Å²) >= 11 is 0. The van der Waals surface area contributed by atoms with Crippen molar-refractivity contribution >= 4 is 17.1 Å². The van der Waals surface area contributed by atoms with Gasteiger partial charge in [0.1, 0.15) is 0 Å². The highest BCUT2D eigenvalue weighted by Crippen LogP contribution is 2.07. The third-order valence-electron chi connectivity index (χ3n) is 3.30. The highest BCUT2D eigenvalue weighted by Gasteiger charge is 2.19. The molecule has 7 heteroatoms. The number of imidazole rings is 1. The van der Waals surface area contributed by atoms with Gasteiger partial charge in [0.25, 0.3) is 5.91 Å². The van der Waals surface area contributed by atoms with E-state index in [1.807, 2.05) is 13.1 Å². The van der Waals surface area contributed by atoms with Crippen molar-refractivity contribution in [2.75, 3.05) is 33.3 Å². The van der Waals surface area contributed by atoms with Gasteiger partial charge in [0, 0.05) is 25.8 Å². The first-order valence-corrected chi connectivity index (χ1v) is 6.61. The zero-order chi connectivity index (χ0) is 13.9. The Hall–Kier alpha value is -1.99. The van der Waals surface area contributed by atoms with Gasteiger partial charge in [-0.2, -0.15) is 0 Å². The summed E-state index contributed by atoms with van der Waals surface area (Å²) in [7, 11) is 2.04. The number of pyridine rings is 1. The number of likely N-dealkylation sites (N-methyl/N-ethyl adjacent to an activating group) is 1. The zero-order valence-corrected chi connectivity index (χ0v) is 11.3. The van der Waals surface area contributed by atoms with Gasteiger partial charge < -0.3 is 19.9 Å². The van der Waals surface area contributed by atoms with Crippen LogP contribution < -0.4 is 5.32 Å². The number of aromatic nitrogens is 3. The maximum atomic E-state index is 12.0. The minimum Gasteiger partial charge on any atom is -0.374 e. The molecule has 1 fully saturated rings. The molecule has 1 aliphatic heterocycles. The van der Waals surface area contributed by atoms with Crippen LogP contribution in [0.25, 0.3) is 11.2 Å². The van der Waals surface area contributed by atoms with Gasteiger partial charge in [0.05, 0.1) is 18.2 Å². The monoisotopic (exact) mass is 275 g/mol. The minimum absolute atomic E-state index is 0.0280. The fourth-order valence-corrected chi connectivity index (χ4v) is 2.23. The maximum absolute atomic E-state index is 12.0. The molecular weight excluding hydrogens is 258 g/mol. The molecule has 20 heavy (non-hydrogen) atoms. The summed E-state index contributed by atoms with van der Waals surface area (Å²) in [5, 5.41) is 2.84. The molecule has 1 amide bonds. The van der Waals surface area contributed by atoms with Gasteiger partial charge in [-0.1, -0.05) is 0 Å². The minimum atomic E-state index is -0.236. The van der Waals surface area contributed by atoms with E-state index in [9.17, 15) is 4.79 Å². The Morgan fingerprint density at radius 2 is 2.55 bits per heavy atom. The molecule has 2 aromatic heterocycles. The predicted octanol–water partition coefficient (Wildman–Crippen LogP) is 0.0183. The van der Waals surface area contributed by atoms with Gasteiger partial charge in [0.15, 0.2) is 11.5 Å². The van der Waals surface area contributed by atoms with Crippen LogP contribution in [0.1, 0.15) is 10.6 Å². The van der Waals surface area contributed by atoms with Crippen molar-refractivity contribution in [3.8, 4) is 0 Å². The molecule has 0 bridgehead atoms. The lowest BCUT2D eigenvalue weighted by atomic mass is 10.3. The van der Waals surface area contributed by atoms with Crippen LogP contribution in [0.2, 0.25) is 0 Å². The summed E-state index contributed by atoms with van der Waals surface area (Å²) in [4.78, 5) is 25.4. The van der Waals surface area contributed by atoms with Crippen LogP contribution in [0.15, 0.2) is 18.3 Å². The van der Waals surface area contributed by atoms with Crippen molar-refractivity contribution in [3.05, 3.63) is 24.2 Å². The molecule has 1 saturated heterocycles. The maximum Gasteiger partial charge on any atom is 0.287 e. The van der Waals surface area contributed by atoms with E-state index in [2.05, 4.69) is 25.2 Å². The average Bonchev–Trinajstić information content (AvgIpc) is 2.89. The lowest BCUT2D eigenvalue weighted by Gasteiger charge is -2.29. The molecule has 0 aromatic carbocycles. The van der Waals surface area contributed by atoms with Gasteiger partial charge in [-0.25, -0.2) is 9.97 Å². The van der Waals surface area contributed by atoms with E-state index < -0.39 is 0 Å². The largest absolute Gasteiger partial charge is 0.374 e. The van der Waals surface area contributed by atoms with Gasteiger partial charge in [0.2, 0.25) is 0 Å². The first kappa shape index (κ1) is 13.0. The normalized spacial score (nSPS) is 20.1. The summed E-state index contributed by atoms with van der Waals surface area (Å²) in [6, 6.07) is 3.64. The van der Waals surface area contributed by atoms with Crippen LogP contribution in [0.3, 0.4) is 0 Å². The van der Waals surface area contributed by atoms with E-state index in [4.69, 9.17) is 4.74 Å². The molecule has 0 spiro atoms. The lowest BCUT2D eigenvalue weighted by Crippen LogP contribution is -2.46. The number of rotatable bonds is 3. The van der Waals surface area contributed by atoms with Crippen LogP contribution in [0.5, 0.6) is 0 Å².